The van der Waals surface area contributed by atoms with E-state index < -0.39 is 0 Å². The largest absolute Gasteiger partial charge is 0.457 e. The zero-order valence-corrected chi connectivity index (χ0v) is 14.1. The molecule has 0 atom stereocenters. The summed E-state index contributed by atoms with van der Waals surface area (Å²) in [6.07, 6.45) is 0. The summed E-state index contributed by atoms with van der Waals surface area (Å²) in [4.78, 5) is 16.1. The highest BCUT2D eigenvalue weighted by Crippen LogP contribution is 2.23. The molecule has 2 aromatic carbocycles. The first-order valence-corrected chi connectivity index (χ1v) is 8.42. The maximum atomic E-state index is 13.1. The Hall–Kier alpha value is -2.87. The van der Waals surface area contributed by atoms with Crippen molar-refractivity contribution in [1.82, 2.24) is 15.2 Å². The van der Waals surface area contributed by atoms with Gasteiger partial charge in [-0.15, -0.1) is 5.10 Å². The van der Waals surface area contributed by atoms with Crippen LogP contribution >= 0.6 is 11.8 Å². The van der Waals surface area contributed by atoms with E-state index in [-0.39, 0.29) is 17.5 Å². The molecule has 0 unspecified atom stereocenters. The summed E-state index contributed by atoms with van der Waals surface area (Å²) < 4.78 is 18.7. The van der Waals surface area contributed by atoms with Crippen molar-refractivity contribution in [3.63, 3.8) is 0 Å². The third kappa shape index (κ3) is 5.05. The van der Waals surface area contributed by atoms with Crippen molar-refractivity contribution in [2.45, 2.75) is 12.1 Å². The SMILES string of the molecule is Cc1nc(SCC(=O)Nc2ccc(Oc3cccc(F)c3)cc2)n[nH]1. The lowest BCUT2D eigenvalue weighted by Crippen LogP contribution is -2.14. The van der Waals surface area contributed by atoms with Gasteiger partial charge >= 0.3 is 0 Å². The number of hydrogen-bond acceptors (Lipinski definition) is 5. The minimum atomic E-state index is -0.361. The zero-order valence-electron chi connectivity index (χ0n) is 13.3. The van der Waals surface area contributed by atoms with Crippen molar-refractivity contribution in [2.24, 2.45) is 0 Å². The molecule has 0 bridgehead atoms. The van der Waals surface area contributed by atoms with Crippen LogP contribution in [0.3, 0.4) is 0 Å². The molecule has 6 nitrogen and oxygen atoms in total. The molecule has 3 rings (SSSR count). The molecule has 25 heavy (non-hydrogen) atoms. The smallest absolute Gasteiger partial charge is 0.234 e. The number of H-pyrrole nitrogens is 1. The minimum Gasteiger partial charge on any atom is -0.457 e. The number of carbonyl (C=O) groups excluding carboxylic acids is 1. The Balaban J connectivity index is 1.52. The molecule has 0 aliphatic carbocycles. The first-order chi connectivity index (χ1) is 12.1. The second-order valence-electron chi connectivity index (χ2n) is 5.12. The molecule has 0 saturated heterocycles. The van der Waals surface area contributed by atoms with E-state index in [1.54, 1.807) is 43.3 Å². The summed E-state index contributed by atoms with van der Waals surface area (Å²) >= 11 is 1.25. The first-order valence-electron chi connectivity index (χ1n) is 7.43. The Morgan fingerprint density at radius 1 is 1.24 bits per heavy atom. The van der Waals surface area contributed by atoms with E-state index in [4.69, 9.17) is 4.74 Å². The number of ether oxygens (including phenoxy) is 1. The van der Waals surface area contributed by atoms with E-state index in [2.05, 4.69) is 20.5 Å². The number of nitrogens with zero attached hydrogens (tertiary/aromatic N) is 2. The Kier molecular flexibility index (Phi) is 5.30. The fraction of sp³-hybridized carbons (Fsp3) is 0.118. The summed E-state index contributed by atoms with van der Waals surface area (Å²) in [5.74, 6) is 1.35. The Morgan fingerprint density at radius 2 is 2.04 bits per heavy atom. The van der Waals surface area contributed by atoms with Gasteiger partial charge in [-0.1, -0.05) is 17.8 Å². The second kappa shape index (κ2) is 7.80. The van der Waals surface area contributed by atoms with Crippen LogP contribution in [0.4, 0.5) is 10.1 Å². The van der Waals surface area contributed by atoms with Crippen LogP contribution in [0.5, 0.6) is 11.5 Å². The van der Waals surface area contributed by atoms with Gasteiger partial charge in [0.2, 0.25) is 11.1 Å². The molecule has 3 aromatic rings. The van der Waals surface area contributed by atoms with E-state index in [0.29, 0.717) is 28.2 Å². The van der Waals surface area contributed by atoms with Crippen molar-refractivity contribution in [2.75, 3.05) is 11.1 Å². The second-order valence-corrected chi connectivity index (χ2v) is 6.07. The highest BCUT2D eigenvalue weighted by atomic mass is 32.2. The number of aromatic nitrogens is 3. The van der Waals surface area contributed by atoms with Crippen LogP contribution < -0.4 is 10.1 Å². The number of hydrogen-bond donors (Lipinski definition) is 2. The van der Waals surface area contributed by atoms with Crippen LogP contribution in [0.2, 0.25) is 0 Å². The van der Waals surface area contributed by atoms with Crippen LogP contribution in [0, 0.1) is 12.7 Å². The highest BCUT2D eigenvalue weighted by Gasteiger charge is 2.07. The standard InChI is InChI=1S/C17H15FN4O2S/c1-11-19-17(22-21-11)25-10-16(23)20-13-5-7-14(8-6-13)24-15-4-2-3-12(18)9-15/h2-9H,10H2,1H3,(H,20,23)(H,19,21,22). The van der Waals surface area contributed by atoms with Gasteiger partial charge in [-0.2, -0.15) is 0 Å². The molecule has 8 heteroatoms. The maximum Gasteiger partial charge on any atom is 0.234 e. The van der Waals surface area contributed by atoms with Gasteiger partial charge in [-0.3, -0.25) is 9.89 Å². The number of rotatable bonds is 6. The van der Waals surface area contributed by atoms with Gasteiger partial charge in [-0.25, -0.2) is 9.37 Å². The summed E-state index contributed by atoms with van der Waals surface area (Å²) in [6, 6.07) is 12.7. The summed E-state index contributed by atoms with van der Waals surface area (Å²) in [5, 5.41) is 9.99. The molecule has 0 aliphatic heterocycles. The average Bonchev–Trinajstić information content (AvgIpc) is 3.00. The van der Waals surface area contributed by atoms with Crippen molar-refractivity contribution >= 4 is 23.4 Å². The van der Waals surface area contributed by atoms with Gasteiger partial charge in [0.15, 0.2) is 0 Å². The van der Waals surface area contributed by atoms with E-state index in [1.807, 2.05) is 0 Å². The van der Waals surface area contributed by atoms with Crippen molar-refractivity contribution in [1.29, 1.82) is 0 Å². The summed E-state index contributed by atoms with van der Waals surface area (Å²) in [6.45, 7) is 1.80. The molecule has 0 saturated carbocycles. The van der Waals surface area contributed by atoms with Crippen molar-refractivity contribution < 1.29 is 13.9 Å². The van der Waals surface area contributed by atoms with E-state index in [1.165, 1.54) is 23.9 Å². The van der Waals surface area contributed by atoms with E-state index >= 15 is 0 Å². The van der Waals surface area contributed by atoms with Gasteiger partial charge in [-0.05, 0) is 43.3 Å². The maximum absolute atomic E-state index is 13.1. The van der Waals surface area contributed by atoms with Gasteiger partial charge in [0.1, 0.15) is 23.1 Å². The van der Waals surface area contributed by atoms with Crippen LogP contribution in [-0.2, 0) is 4.79 Å². The van der Waals surface area contributed by atoms with Crippen molar-refractivity contribution in [3.8, 4) is 11.5 Å². The number of halogens is 1. The van der Waals surface area contributed by atoms with Gasteiger partial charge in [0, 0.05) is 11.8 Å². The number of benzene rings is 2. The third-order valence-corrected chi connectivity index (χ3v) is 3.93. The lowest BCUT2D eigenvalue weighted by molar-refractivity contribution is -0.113. The number of aromatic amines is 1. The monoisotopic (exact) mass is 358 g/mol. The molecular weight excluding hydrogens is 343 g/mol. The van der Waals surface area contributed by atoms with Crippen LogP contribution in [-0.4, -0.2) is 26.8 Å². The molecule has 0 spiro atoms. The van der Waals surface area contributed by atoms with Gasteiger partial charge in [0.05, 0.1) is 5.75 Å². The number of thioether (sulfide) groups is 1. The number of amides is 1. The van der Waals surface area contributed by atoms with Crippen LogP contribution in [0.1, 0.15) is 5.82 Å². The molecule has 1 amide bonds. The highest BCUT2D eigenvalue weighted by molar-refractivity contribution is 7.99. The van der Waals surface area contributed by atoms with E-state index in [0.717, 1.165) is 0 Å². The number of anilines is 1. The molecule has 128 valence electrons. The third-order valence-electron chi connectivity index (χ3n) is 3.08. The normalized spacial score (nSPS) is 10.5. The topological polar surface area (TPSA) is 79.9 Å². The molecule has 1 heterocycles. The predicted molar refractivity (Wildman–Crippen MR) is 93.4 cm³/mol. The van der Waals surface area contributed by atoms with Crippen LogP contribution in [0.25, 0.3) is 0 Å². The first kappa shape index (κ1) is 17.0. The summed E-state index contributed by atoms with van der Waals surface area (Å²) in [7, 11) is 0. The Labute approximate surface area is 147 Å². The number of carbonyl (C=O) groups is 1. The molecule has 1 aromatic heterocycles. The molecule has 0 radical (unpaired) electrons. The Morgan fingerprint density at radius 3 is 2.72 bits per heavy atom. The van der Waals surface area contributed by atoms with Crippen molar-refractivity contribution in [3.05, 3.63) is 60.2 Å². The van der Waals surface area contributed by atoms with E-state index in [9.17, 15) is 9.18 Å². The van der Waals surface area contributed by atoms with Gasteiger partial charge < -0.3 is 10.1 Å². The average molecular weight is 358 g/mol. The molecule has 0 aliphatic rings. The lowest BCUT2D eigenvalue weighted by atomic mass is 10.3. The summed E-state index contributed by atoms with van der Waals surface area (Å²) in [5.41, 5.74) is 0.642. The minimum absolute atomic E-state index is 0.161. The fourth-order valence-electron chi connectivity index (χ4n) is 1.99. The lowest BCUT2D eigenvalue weighted by Gasteiger charge is -2.08. The molecule has 2 N–H and O–H groups in total. The number of aryl methyl sites for hydroxylation is 1. The zero-order chi connectivity index (χ0) is 17.6. The van der Waals surface area contributed by atoms with Crippen LogP contribution in [0.15, 0.2) is 53.7 Å². The molecular formula is C17H15FN4O2S. The molecule has 0 fully saturated rings. The fourth-order valence-corrected chi connectivity index (χ4v) is 2.63. The number of nitrogens with one attached hydrogen (secondary N) is 2. The Bertz CT molecular complexity index is 867. The quantitative estimate of drug-likeness (QED) is 0.656. The predicted octanol–water partition coefficient (Wildman–Crippen LogP) is 3.78. The van der Waals surface area contributed by atoms with Gasteiger partial charge in [0.25, 0.3) is 0 Å².